The Morgan fingerprint density at radius 1 is 1.28 bits per heavy atom. The predicted octanol–water partition coefficient (Wildman–Crippen LogP) is 1.40. The van der Waals surface area contributed by atoms with Crippen LogP contribution in [-0.2, 0) is 17.1 Å². The average molecular weight is 271 g/mol. The molecule has 0 bridgehead atoms. The lowest BCUT2D eigenvalue weighted by Gasteiger charge is -2.33. The number of nitrogens with zero attached hydrogens (tertiary/aromatic N) is 3. The van der Waals surface area contributed by atoms with E-state index in [1.807, 2.05) is 0 Å². The number of rotatable bonds is 2. The molecule has 0 amide bonds. The Balaban J connectivity index is 2.34. The van der Waals surface area contributed by atoms with Crippen LogP contribution in [0.2, 0.25) is 0 Å². The van der Waals surface area contributed by atoms with Crippen molar-refractivity contribution in [3.63, 3.8) is 0 Å². The average Bonchev–Trinajstić information content (AvgIpc) is 2.57. The van der Waals surface area contributed by atoms with E-state index in [9.17, 15) is 8.42 Å². The van der Waals surface area contributed by atoms with Gasteiger partial charge in [0.25, 0.3) is 0 Å². The third-order valence-corrected chi connectivity index (χ3v) is 5.36. The molecule has 2 heterocycles. The van der Waals surface area contributed by atoms with Gasteiger partial charge in [-0.15, -0.1) is 0 Å². The van der Waals surface area contributed by atoms with Crippen molar-refractivity contribution < 1.29 is 8.42 Å². The van der Waals surface area contributed by atoms with Crippen molar-refractivity contribution >= 4 is 10.0 Å². The molecule has 2 rings (SSSR count). The van der Waals surface area contributed by atoms with Gasteiger partial charge in [-0.3, -0.25) is 4.68 Å². The first-order valence-corrected chi connectivity index (χ1v) is 7.75. The Hall–Kier alpha value is -0.880. The topological polar surface area (TPSA) is 55.2 Å². The lowest BCUT2D eigenvalue weighted by molar-refractivity contribution is 0.222. The first-order valence-electron chi connectivity index (χ1n) is 6.31. The number of aromatic nitrogens is 2. The molecule has 18 heavy (non-hydrogen) atoms. The molecule has 1 aliphatic heterocycles. The third-order valence-electron chi connectivity index (χ3n) is 3.42. The highest BCUT2D eigenvalue weighted by molar-refractivity contribution is 7.89. The fourth-order valence-electron chi connectivity index (χ4n) is 2.77. The highest BCUT2D eigenvalue weighted by atomic mass is 32.2. The van der Waals surface area contributed by atoms with E-state index in [-0.39, 0.29) is 0 Å². The Bertz CT molecular complexity index is 526. The lowest BCUT2D eigenvalue weighted by atomic mass is 9.94. The summed E-state index contributed by atoms with van der Waals surface area (Å²) in [6, 6.07) is 0. The summed E-state index contributed by atoms with van der Waals surface area (Å²) in [4.78, 5) is 0.339. The van der Waals surface area contributed by atoms with Crippen molar-refractivity contribution in [2.45, 2.75) is 32.1 Å². The number of piperidine rings is 1. The van der Waals surface area contributed by atoms with Crippen LogP contribution >= 0.6 is 0 Å². The van der Waals surface area contributed by atoms with E-state index in [0.29, 0.717) is 35.5 Å². The van der Waals surface area contributed by atoms with Crippen LogP contribution in [0.4, 0.5) is 0 Å². The van der Waals surface area contributed by atoms with Gasteiger partial charge in [0, 0.05) is 26.3 Å². The van der Waals surface area contributed by atoms with Gasteiger partial charge in [0.15, 0.2) is 0 Å². The summed E-state index contributed by atoms with van der Waals surface area (Å²) < 4.78 is 28.3. The minimum absolute atomic E-state index is 0.339. The van der Waals surface area contributed by atoms with Gasteiger partial charge in [-0.25, -0.2) is 8.42 Å². The van der Waals surface area contributed by atoms with Crippen LogP contribution in [0.5, 0.6) is 0 Å². The molecule has 1 aliphatic rings. The van der Waals surface area contributed by atoms with Gasteiger partial charge in [0.05, 0.1) is 5.69 Å². The highest BCUT2D eigenvalue weighted by Crippen LogP contribution is 2.27. The number of hydrogen-bond acceptors (Lipinski definition) is 3. The molecule has 0 aromatic carbocycles. The minimum Gasteiger partial charge on any atom is -0.274 e. The summed E-state index contributed by atoms with van der Waals surface area (Å²) in [7, 11) is -1.64. The van der Waals surface area contributed by atoms with Crippen molar-refractivity contribution in [2.24, 2.45) is 18.9 Å². The summed E-state index contributed by atoms with van der Waals surface area (Å²) in [6.07, 6.45) is 2.69. The smallest absolute Gasteiger partial charge is 0.246 e. The standard InChI is InChI=1S/C12H21N3O2S/c1-9-5-10(2)7-15(6-9)18(16,17)12-8-14(4)13-11(12)3/h8-10H,5-7H2,1-4H3/t9-,10-/m0/s1. The van der Waals surface area contributed by atoms with Gasteiger partial charge in [-0.2, -0.15) is 9.40 Å². The second kappa shape index (κ2) is 4.66. The molecule has 1 aromatic rings. The molecule has 1 fully saturated rings. The van der Waals surface area contributed by atoms with Gasteiger partial charge in [-0.1, -0.05) is 13.8 Å². The fraction of sp³-hybridized carbons (Fsp3) is 0.750. The van der Waals surface area contributed by atoms with Crippen LogP contribution < -0.4 is 0 Å². The molecule has 0 N–H and O–H groups in total. The molecule has 0 saturated carbocycles. The zero-order valence-electron chi connectivity index (χ0n) is 11.4. The van der Waals surface area contributed by atoms with Crippen LogP contribution in [0.1, 0.15) is 26.0 Å². The Morgan fingerprint density at radius 2 is 1.83 bits per heavy atom. The molecule has 102 valence electrons. The van der Waals surface area contributed by atoms with Crippen LogP contribution in [0, 0.1) is 18.8 Å². The molecule has 5 nitrogen and oxygen atoms in total. The van der Waals surface area contributed by atoms with E-state index in [0.717, 1.165) is 6.42 Å². The van der Waals surface area contributed by atoms with Crippen LogP contribution in [0.25, 0.3) is 0 Å². The summed E-state index contributed by atoms with van der Waals surface area (Å²) >= 11 is 0. The summed E-state index contributed by atoms with van der Waals surface area (Å²) in [5.41, 5.74) is 0.573. The number of sulfonamides is 1. The number of hydrogen-bond donors (Lipinski definition) is 0. The Labute approximate surface area is 109 Å². The van der Waals surface area contributed by atoms with E-state index < -0.39 is 10.0 Å². The molecule has 1 aromatic heterocycles. The first-order chi connectivity index (χ1) is 8.30. The molecule has 0 spiro atoms. The van der Waals surface area contributed by atoms with Crippen molar-refractivity contribution in [3.8, 4) is 0 Å². The van der Waals surface area contributed by atoms with Crippen LogP contribution in [-0.4, -0.2) is 35.6 Å². The van der Waals surface area contributed by atoms with E-state index in [1.165, 1.54) is 0 Å². The fourth-order valence-corrected chi connectivity index (χ4v) is 4.65. The largest absolute Gasteiger partial charge is 0.274 e. The first kappa shape index (κ1) is 13.5. The van der Waals surface area contributed by atoms with Gasteiger partial charge in [-0.05, 0) is 25.2 Å². The summed E-state index contributed by atoms with van der Waals surface area (Å²) in [5.74, 6) is 0.834. The number of aryl methyl sites for hydroxylation is 2. The van der Waals surface area contributed by atoms with E-state index >= 15 is 0 Å². The Kier molecular flexibility index (Phi) is 3.51. The molecule has 1 saturated heterocycles. The quantitative estimate of drug-likeness (QED) is 0.817. The maximum atomic E-state index is 12.6. The van der Waals surface area contributed by atoms with E-state index in [1.54, 1.807) is 29.2 Å². The molecule has 2 atom stereocenters. The van der Waals surface area contributed by atoms with E-state index in [4.69, 9.17) is 0 Å². The lowest BCUT2D eigenvalue weighted by Crippen LogP contribution is -2.42. The SMILES string of the molecule is Cc1nn(C)cc1S(=O)(=O)N1C[C@@H](C)C[C@H](C)C1. The normalized spacial score (nSPS) is 26.4. The summed E-state index contributed by atoms with van der Waals surface area (Å²) in [6.45, 7) is 7.17. The zero-order chi connectivity index (χ0) is 13.5. The maximum Gasteiger partial charge on any atom is 0.246 e. The molecule has 6 heteroatoms. The maximum absolute atomic E-state index is 12.6. The monoisotopic (exact) mass is 271 g/mol. The minimum atomic E-state index is -3.39. The van der Waals surface area contributed by atoms with Gasteiger partial charge < -0.3 is 0 Å². The summed E-state index contributed by atoms with van der Waals surface area (Å²) in [5, 5.41) is 4.12. The zero-order valence-corrected chi connectivity index (χ0v) is 12.2. The molecule has 0 radical (unpaired) electrons. The van der Waals surface area contributed by atoms with E-state index in [2.05, 4.69) is 18.9 Å². The molecule has 0 unspecified atom stereocenters. The second-order valence-corrected chi connectivity index (χ2v) is 7.43. The third kappa shape index (κ3) is 2.44. The molecule has 0 aliphatic carbocycles. The second-order valence-electron chi connectivity index (χ2n) is 5.52. The van der Waals surface area contributed by atoms with Crippen molar-refractivity contribution in [2.75, 3.05) is 13.1 Å². The van der Waals surface area contributed by atoms with Crippen molar-refractivity contribution in [1.29, 1.82) is 0 Å². The van der Waals surface area contributed by atoms with Gasteiger partial charge >= 0.3 is 0 Å². The highest BCUT2D eigenvalue weighted by Gasteiger charge is 2.33. The van der Waals surface area contributed by atoms with Crippen molar-refractivity contribution in [1.82, 2.24) is 14.1 Å². The van der Waals surface area contributed by atoms with Gasteiger partial charge in [0.1, 0.15) is 4.90 Å². The van der Waals surface area contributed by atoms with Crippen LogP contribution in [0.3, 0.4) is 0 Å². The van der Waals surface area contributed by atoms with Gasteiger partial charge in [0.2, 0.25) is 10.0 Å². The van der Waals surface area contributed by atoms with Crippen LogP contribution in [0.15, 0.2) is 11.1 Å². The molecular weight excluding hydrogens is 250 g/mol. The Morgan fingerprint density at radius 3 is 2.28 bits per heavy atom. The predicted molar refractivity (Wildman–Crippen MR) is 69.6 cm³/mol. The molecular formula is C12H21N3O2S. The van der Waals surface area contributed by atoms with Crippen molar-refractivity contribution in [3.05, 3.63) is 11.9 Å².